The Hall–Kier alpha value is -1.19. The van der Waals surface area contributed by atoms with Gasteiger partial charge in [-0.25, -0.2) is 13.4 Å². The molecule has 0 spiro atoms. The highest BCUT2D eigenvalue weighted by molar-refractivity contribution is 7.92. The topological polar surface area (TPSA) is 97.4 Å². The highest BCUT2D eigenvalue weighted by Crippen LogP contribution is 2.26. The largest absolute Gasteiger partial charge is 0.466 e. The van der Waals surface area contributed by atoms with Crippen molar-refractivity contribution in [2.24, 2.45) is 0 Å². The van der Waals surface area contributed by atoms with Gasteiger partial charge in [0.2, 0.25) is 10.0 Å². The molecule has 0 saturated carbocycles. The highest BCUT2D eigenvalue weighted by atomic mass is 32.2. The lowest BCUT2D eigenvalue weighted by Crippen LogP contribution is -2.22. The van der Waals surface area contributed by atoms with Gasteiger partial charge in [-0.1, -0.05) is 11.3 Å². The number of hydrogen-bond acceptors (Lipinski definition) is 7. The third kappa shape index (κ3) is 4.15. The van der Waals surface area contributed by atoms with Gasteiger partial charge in [0.25, 0.3) is 0 Å². The Bertz CT molecular complexity index is 559. The first kappa shape index (κ1) is 15.2. The summed E-state index contributed by atoms with van der Waals surface area (Å²) in [5, 5.41) is 3.57. The van der Waals surface area contributed by atoms with E-state index in [9.17, 15) is 13.2 Å². The molecule has 1 aromatic rings. The Labute approximate surface area is 121 Å². The summed E-state index contributed by atoms with van der Waals surface area (Å²) in [7, 11) is -3.57. The quantitative estimate of drug-likeness (QED) is 0.740. The van der Waals surface area contributed by atoms with E-state index in [4.69, 9.17) is 4.74 Å². The smallest absolute Gasteiger partial charge is 0.306 e. The lowest BCUT2D eigenvalue weighted by Gasteiger charge is -2.09. The molecule has 0 amide bonds. The van der Waals surface area contributed by atoms with E-state index in [0.29, 0.717) is 5.13 Å². The van der Waals surface area contributed by atoms with Crippen LogP contribution in [0.15, 0.2) is 0 Å². The van der Waals surface area contributed by atoms with Crippen LogP contribution in [-0.2, 0) is 32.5 Å². The van der Waals surface area contributed by atoms with Crippen LogP contribution in [0.3, 0.4) is 0 Å². The second kappa shape index (κ2) is 6.51. The summed E-state index contributed by atoms with van der Waals surface area (Å²) in [4.78, 5) is 16.5. The minimum absolute atomic E-state index is 0.157. The van der Waals surface area contributed by atoms with E-state index in [-0.39, 0.29) is 18.8 Å². The molecule has 2 rings (SSSR count). The molecule has 112 valence electrons. The summed E-state index contributed by atoms with van der Waals surface area (Å²) in [6, 6.07) is 0. The Morgan fingerprint density at radius 1 is 1.55 bits per heavy atom. The monoisotopic (exact) mass is 319 g/mol. The van der Waals surface area contributed by atoms with E-state index in [0.717, 1.165) is 30.1 Å². The third-order valence-corrected chi connectivity index (χ3v) is 5.11. The summed E-state index contributed by atoms with van der Waals surface area (Å²) < 4.78 is 30.8. The maximum absolute atomic E-state index is 11.9. The molecule has 20 heavy (non-hydrogen) atoms. The number of anilines is 1. The molecule has 0 radical (unpaired) electrons. The van der Waals surface area contributed by atoms with Gasteiger partial charge in [-0.15, -0.1) is 0 Å². The molecule has 1 aliphatic rings. The van der Waals surface area contributed by atoms with Crippen molar-refractivity contribution in [3.63, 3.8) is 0 Å². The van der Waals surface area contributed by atoms with Crippen LogP contribution in [0, 0.1) is 0 Å². The molecule has 2 N–H and O–H groups in total. The molecule has 0 aliphatic carbocycles. The molecule has 0 unspecified atom stereocenters. The Kier molecular flexibility index (Phi) is 4.95. The first-order chi connectivity index (χ1) is 9.50. The Balaban J connectivity index is 1.94. The van der Waals surface area contributed by atoms with Crippen molar-refractivity contribution in [2.75, 3.05) is 23.6 Å². The maximum atomic E-state index is 11.9. The van der Waals surface area contributed by atoms with Crippen molar-refractivity contribution in [3.05, 3.63) is 10.6 Å². The van der Waals surface area contributed by atoms with Crippen LogP contribution in [0.5, 0.6) is 0 Å². The molecule has 0 fully saturated rings. The van der Waals surface area contributed by atoms with Gasteiger partial charge in [-0.3, -0.25) is 9.52 Å². The van der Waals surface area contributed by atoms with Gasteiger partial charge in [0.05, 0.1) is 24.5 Å². The molecule has 0 atom stereocenters. The standard InChI is InChI=1S/C11H17N3O4S2/c1-2-18-10(15)4-6-20(16,17)14-11-13-8-3-5-12-7-9(8)19-11/h12H,2-7H2,1H3,(H,13,14). The van der Waals surface area contributed by atoms with Crippen LogP contribution in [-0.4, -0.2) is 38.3 Å². The first-order valence-electron chi connectivity index (χ1n) is 6.35. The number of hydrogen-bond donors (Lipinski definition) is 2. The van der Waals surface area contributed by atoms with E-state index in [1.165, 1.54) is 11.3 Å². The average Bonchev–Trinajstić information content (AvgIpc) is 2.78. The number of nitrogens with zero attached hydrogens (tertiary/aromatic N) is 1. The molecule has 0 aromatic carbocycles. The first-order valence-corrected chi connectivity index (χ1v) is 8.82. The number of nitrogens with one attached hydrogen (secondary N) is 2. The van der Waals surface area contributed by atoms with Crippen LogP contribution in [0.4, 0.5) is 5.13 Å². The summed E-state index contributed by atoms with van der Waals surface area (Å²) in [6.07, 6.45) is 0.645. The van der Waals surface area contributed by atoms with E-state index < -0.39 is 16.0 Å². The second-order valence-electron chi connectivity index (χ2n) is 4.29. The average molecular weight is 319 g/mol. The fourth-order valence-corrected chi connectivity index (χ4v) is 4.03. The molecular weight excluding hydrogens is 302 g/mol. The van der Waals surface area contributed by atoms with Crippen molar-refractivity contribution in [2.45, 2.75) is 26.3 Å². The van der Waals surface area contributed by atoms with Crippen molar-refractivity contribution in [1.82, 2.24) is 10.3 Å². The number of thiazole rings is 1. The van der Waals surface area contributed by atoms with Gasteiger partial charge in [-0.2, -0.15) is 0 Å². The van der Waals surface area contributed by atoms with E-state index >= 15 is 0 Å². The molecule has 0 bridgehead atoms. The number of ether oxygens (including phenoxy) is 1. The summed E-state index contributed by atoms with van der Waals surface area (Å²) in [5.41, 5.74) is 0.942. The Morgan fingerprint density at radius 2 is 2.35 bits per heavy atom. The lowest BCUT2D eigenvalue weighted by atomic mass is 10.2. The SMILES string of the molecule is CCOC(=O)CCS(=O)(=O)Nc1nc2c(s1)CNCC2. The van der Waals surface area contributed by atoms with E-state index in [1.807, 2.05) is 0 Å². The van der Waals surface area contributed by atoms with Gasteiger partial charge in [0.15, 0.2) is 5.13 Å². The fraction of sp³-hybridized carbons (Fsp3) is 0.636. The van der Waals surface area contributed by atoms with Crippen LogP contribution in [0.2, 0.25) is 0 Å². The van der Waals surface area contributed by atoms with Crippen LogP contribution >= 0.6 is 11.3 Å². The molecule has 1 aliphatic heterocycles. The minimum atomic E-state index is -3.57. The number of rotatable bonds is 6. The van der Waals surface area contributed by atoms with E-state index in [2.05, 4.69) is 15.0 Å². The van der Waals surface area contributed by atoms with Gasteiger partial charge in [0.1, 0.15) is 0 Å². The predicted octanol–water partition coefficient (Wildman–Crippen LogP) is 0.484. The summed E-state index contributed by atoms with van der Waals surface area (Å²) in [5.74, 6) is -0.811. The summed E-state index contributed by atoms with van der Waals surface area (Å²) >= 11 is 1.33. The van der Waals surface area contributed by atoms with Gasteiger partial charge in [-0.05, 0) is 6.92 Å². The number of aromatic nitrogens is 1. The van der Waals surface area contributed by atoms with Crippen LogP contribution in [0.1, 0.15) is 23.9 Å². The number of carbonyl (C=O) groups is 1. The number of carbonyl (C=O) groups excluding carboxylic acids is 1. The molecule has 1 aromatic heterocycles. The zero-order chi connectivity index (χ0) is 14.6. The molecular formula is C11H17N3O4S2. The number of esters is 1. The Morgan fingerprint density at radius 3 is 3.05 bits per heavy atom. The summed E-state index contributed by atoms with van der Waals surface area (Å²) in [6.45, 7) is 3.50. The van der Waals surface area contributed by atoms with Crippen molar-refractivity contribution in [3.8, 4) is 0 Å². The molecule has 0 saturated heterocycles. The molecule has 2 heterocycles. The molecule has 9 heteroatoms. The van der Waals surface area contributed by atoms with Crippen molar-refractivity contribution >= 4 is 32.5 Å². The zero-order valence-corrected chi connectivity index (χ0v) is 12.8. The number of sulfonamides is 1. The predicted molar refractivity (Wildman–Crippen MR) is 76.2 cm³/mol. The minimum Gasteiger partial charge on any atom is -0.466 e. The maximum Gasteiger partial charge on any atom is 0.306 e. The van der Waals surface area contributed by atoms with Gasteiger partial charge < -0.3 is 10.1 Å². The number of fused-ring (bicyclic) bond motifs is 1. The van der Waals surface area contributed by atoms with Crippen LogP contribution in [0.25, 0.3) is 0 Å². The van der Waals surface area contributed by atoms with Crippen molar-refractivity contribution < 1.29 is 17.9 Å². The lowest BCUT2D eigenvalue weighted by molar-refractivity contribution is -0.142. The highest BCUT2D eigenvalue weighted by Gasteiger charge is 2.19. The van der Waals surface area contributed by atoms with Crippen molar-refractivity contribution in [1.29, 1.82) is 0 Å². The van der Waals surface area contributed by atoms with Gasteiger partial charge in [0, 0.05) is 24.4 Å². The normalized spacial score (nSPS) is 14.7. The molecule has 7 nitrogen and oxygen atoms in total. The third-order valence-electron chi connectivity index (χ3n) is 2.73. The second-order valence-corrected chi connectivity index (χ2v) is 7.22. The zero-order valence-electron chi connectivity index (χ0n) is 11.1. The fourth-order valence-electron chi connectivity index (χ4n) is 1.80. The van der Waals surface area contributed by atoms with E-state index in [1.54, 1.807) is 6.92 Å². The van der Waals surface area contributed by atoms with Gasteiger partial charge >= 0.3 is 5.97 Å². The van der Waals surface area contributed by atoms with Crippen LogP contribution < -0.4 is 10.0 Å².